The van der Waals surface area contributed by atoms with Crippen molar-refractivity contribution in [2.24, 2.45) is 0 Å². The second kappa shape index (κ2) is 10.6. The summed E-state index contributed by atoms with van der Waals surface area (Å²) >= 11 is 0. The van der Waals surface area contributed by atoms with Gasteiger partial charge < -0.3 is 14.2 Å². The molecule has 0 spiro atoms. The van der Waals surface area contributed by atoms with Crippen molar-refractivity contribution in [2.45, 2.75) is 25.6 Å². The van der Waals surface area contributed by atoms with Gasteiger partial charge in [0, 0.05) is 30.8 Å². The first-order valence-corrected chi connectivity index (χ1v) is 11.8. The van der Waals surface area contributed by atoms with E-state index in [1.54, 1.807) is 14.2 Å². The molecule has 0 amide bonds. The molecule has 0 bridgehead atoms. The number of methoxy groups -OCH3 is 2. The minimum Gasteiger partial charge on any atom is -0.492 e. The maximum Gasteiger partial charge on any atom is 0.241 e. The van der Waals surface area contributed by atoms with E-state index in [1.165, 1.54) is 11.1 Å². The molecule has 0 saturated carbocycles. The Labute approximate surface area is 206 Å². The number of hydrogen-bond donors (Lipinski definition) is 0. The van der Waals surface area contributed by atoms with Crippen molar-refractivity contribution in [1.29, 1.82) is 0 Å². The fraction of sp³-hybridized carbons (Fsp3) is 0.241. The van der Waals surface area contributed by atoms with Crippen molar-refractivity contribution in [3.05, 3.63) is 102 Å². The summed E-state index contributed by atoms with van der Waals surface area (Å²) in [5.74, 6) is 1.81. The average molecular weight is 468 g/mol. The van der Waals surface area contributed by atoms with Crippen LogP contribution in [0.4, 0.5) is 0 Å². The van der Waals surface area contributed by atoms with Gasteiger partial charge in [-0.1, -0.05) is 72.8 Å². The predicted octanol–water partition coefficient (Wildman–Crippen LogP) is 5.17. The molecule has 1 aliphatic rings. The van der Waals surface area contributed by atoms with Crippen LogP contribution in [0.5, 0.6) is 17.5 Å². The van der Waals surface area contributed by atoms with Gasteiger partial charge in [0.25, 0.3) is 0 Å². The summed E-state index contributed by atoms with van der Waals surface area (Å²) < 4.78 is 17.2. The molecular formula is C29H29N3O3. The average Bonchev–Trinajstić information content (AvgIpc) is 2.93. The highest BCUT2D eigenvalue weighted by Crippen LogP contribution is 2.39. The maximum atomic E-state index is 6.33. The molecule has 0 radical (unpaired) electrons. The van der Waals surface area contributed by atoms with Gasteiger partial charge in [0.15, 0.2) is 0 Å². The number of aromatic nitrogens is 2. The molecule has 6 heteroatoms. The Balaban J connectivity index is 1.50. The van der Waals surface area contributed by atoms with Gasteiger partial charge in [0.05, 0.1) is 19.8 Å². The van der Waals surface area contributed by atoms with Crippen LogP contribution in [0.25, 0.3) is 11.1 Å². The van der Waals surface area contributed by atoms with E-state index in [1.807, 2.05) is 18.2 Å². The number of ether oxygens (including phenoxy) is 3. The van der Waals surface area contributed by atoms with Crippen LogP contribution in [0.2, 0.25) is 0 Å². The van der Waals surface area contributed by atoms with E-state index in [0.717, 1.165) is 42.0 Å². The highest BCUT2D eigenvalue weighted by molar-refractivity contribution is 5.75. The van der Waals surface area contributed by atoms with E-state index >= 15 is 0 Å². The fourth-order valence-electron chi connectivity index (χ4n) is 4.63. The second-order valence-corrected chi connectivity index (χ2v) is 8.64. The predicted molar refractivity (Wildman–Crippen MR) is 136 cm³/mol. The third kappa shape index (κ3) is 5.12. The normalized spacial score (nSPS) is 14.8. The summed E-state index contributed by atoms with van der Waals surface area (Å²) in [7, 11) is 3.20. The Morgan fingerprint density at radius 3 is 2.11 bits per heavy atom. The molecule has 178 valence electrons. The van der Waals surface area contributed by atoms with Crippen LogP contribution in [-0.4, -0.2) is 42.0 Å². The van der Waals surface area contributed by atoms with Crippen LogP contribution in [0, 0.1) is 0 Å². The van der Waals surface area contributed by atoms with Gasteiger partial charge in [0.1, 0.15) is 12.4 Å². The first-order chi connectivity index (χ1) is 17.2. The zero-order chi connectivity index (χ0) is 24.0. The van der Waals surface area contributed by atoms with E-state index in [-0.39, 0.29) is 6.04 Å². The molecule has 1 aliphatic heterocycles. The molecule has 0 N–H and O–H groups in total. The van der Waals surface area contributed by atoms with Crippen LogP contribution in [0.3, 0.4) is 0 Å². The number of rotatable bonds is 8. The lowest BCUT2D eigenvalue weighted by atomic mass is 9.92. The summed E-state index contributed by atoms with van der Waals surface area (Å²) in [6, 6.07) is 29.4. The van der Waals surface area contributed by atoms with Crippen LogP contribution >= 0.6 is 0 Å². The third-order valence-corrected chi connectivity index (χ3v) is 6.41. The summed E-state index contributed by atoms with van der Waals surface area (Å²) in [4.78, 5) is 2.51. The lowest BCUT2D eigenvalue weighted by molar-refractivity contribution is 0.106. The Bertz CT molecular complexity index is 1220. The Kier molecular flexibility index (Phi) is 6.91. The quantitative estimate of drug-likeness (QED) is 0.357. The van der Waals surface area contributed by atoms with Gasteiger partial charge in [-0.25, -0.2) is 0 Å². The number of benzene rings is 3. The summed E-state index contributed by atoms with van der Waals surface area (Å²) in [6.45, 7) is 2.32. The summed E-state index contributed by atoms with van der Waals surface area (Å²) in [6.07, 6.45) is 0.846. The highest BCUT2D eigenvalue weighted by Gasteiger charge is 2.29. The minimum atomic E-state index is 0.201. The molecule has 6 nitrogen and oxygen atoms in total. The van der Waals surface area contributed by atoms with Crippen molar-refractivity contribution in [3.8, 4) is 28.6 Å². The molecule has 2 heterocycles. The van der Waals surface area contributed by atoms with Crippen molar-refractivity contribution in [2.75, 3.05) is 20.8 Å². The molecule has 4 aromatic rings. The third-order valence-electron chi connectivity index (χ3n) is 6.41. The Morgan fingerprint density at radius 1 is 0.800 bits per heavy atom. The number of hydrogen-bond acceptors (Lipinski definition) is 6. The molecule has 0 fully saturated rings. The Morgan fingerprint density at radius 2 is 1.49 bits per heavy atom. The maximum absolute atomic E-state index is 6.33. The molecule has 5 rings (SSSR count). The molecule has 35 heavy (non-hydrogen) atoms. The SMILES string of the molecule is COc1cc(-c2cccc3c2C[C@H](N(Cc2ccccc2)Cc2ccccc2)CO3)c(OC)nn1. The molecular weight excluding hydrogens is 438 g/mol. The summed E-state index contributed by atoms with van der Waals surface area (Å²) in [5, 5.41) is 8.28. The van der Waals surface area contributed by atoms with Crippen LogP contribution in [-0.2, 0) is 19.5 Å². The van der Waals surface area contributed by atoms with Crippen molar-refractivity contribution < 1.29 is 14.2 Å². The highest BCUT2D eigenvalue weighted by atomic mass is 16.5. The van der Waals surface area contributed by atoms with E-state index in [9.17, 15) is 0 Å². The zero-order valence-corrected chi connectivity index (χ0v) is 20.1. The van der Waals surface area contributed by atoms with Crippen LogP contribution in [0.1, 0.15) is 16.7 Å². The van der Waals surface area contributed by atoms with Crippen molar-refractivity contribution in [3.63, 3.8) is 0 Å². The first-order valence-electron chi connectivity index (χ1n) is 11.8. The zero-order valence-electron chi connectivity index (χ0n) is 20.1. The van der Waals surface area contributed by atoms with Gasteiger partial charge in [-0.3, -0.25) is 4.90 Å². The smallest absolute Gasteiger partial charge is 0.241 e. The van der Waals surface area contributed by atoms with E-state index in [2.05, 4.69) is 81.8 Å². The number of fused-ring (bicyclic) bond motifs is 1. The molecule has 3 aromatic carbocycles. The standard InChI is InChI=1S/C29H29N3O3/c1-33-28-17-26(29(34-2)31-30-28)24-14-9-15-27-25(24)16-23(20-35-27)32(18-21-10-5-3-6-11-21)19-22-12-7-4-8-13-22/h3-15,17,23H,16,18-20H2,1-2H3/t23-/m0/s1. The lowest BCUT2D eigenvalue weighted by Gasteiger charge is -2.36. The van der Waals surface area contributed by atoms with Crippen LogP contribution in [0.15, 0.2) is 84.9 Å². The number of nitrogens with zero attached hydrogens (tertiary/aromatic N) is 3. The minimum absolute atomic E-state index is 0.201. The first kappa shape index (κ1) is 22.9. The Hall–Kier alpha value is -3.90. The van der Waals surface area contributed by atoms with E-state index < -0.39 is 0 Å². The summed E-state index contributed by atoms with van der Waals surface area (Å²) in [5.41, 5.74) is 5.58. The van der Waals surface area contributed by atoms with Gasteiger partial charge in [-0.05, 0) is 29.2 Å². The van der Waals surface area contributed by atoms with E-state index in [0.29, 0.717) is 18.4 Å². The van der Waals surface area contributed by atoms with Gasteiger partial charge in [-0.2, -0.15) is 0 Å². The monoisotopic (exact) mass is 467 g/mol. The molecule has 0 unspecified atom stereocenters. The van der Waals surface area contributed by atoms with Crippen molar-refractivity contribution in [1.82, 2.24) is 15.1 Å². The lowest BCUT2D eigenvalue weighted by Crippen LogP contribution is -2.42. The topological polar surface area (TPSA) is 56.7 Å². The second-order valence-electron chi connectivity index (χ2n) is 8.64. The molecule has 1 atom stereocenters. The van der Waals surface area contributed by atoms with Gasteiger partial charge in [-0.15, -0.1) is 10.2 Å². The van der Waals surface area contributed by atoms with Crippen LogP contribution < -0.4 is 14.2 Å². The molecule has 0 saturated heterocycles. The molecule has 0 aliphatic carbocycles. The molecule has 1 aromatic heterocycles. The van der Waals surface area contributed by atoms with Gasteiger partial charge in [0.2, 0.25) is 11.8 Å². The van der Waals surface area contributed by atoms with E-state index in [4.69, 9.17) is 14.2 Å². The fourth-order valence-corrected chi connectivity index (χ4v) is 4.63. The largest absolute Gasteiger partial charge is 0.492 e. The van der Waals surface area contributed by atoms with Gasteiger partial charge >= 0.3 is 0 Å². The van der Waals surface area contributed by atoms with Crippen molar-refractivity contribution >= 4 is 0 Å².